The molecule has 124 valence electrons. The zero-order valence-electron chi connectivity index (χ0n) is 12.1. The van der Waals surface area contributed by atoms with Crippen LogP contribution in [0.3, 0.4) is 0 Å². The van der Waals surface area contributed by atoms with Crippen molar-refractivity contribution in [2.45, 2.75) is 26.3 Å². The Balaban J connectivity index is 4.32. The van der Waals surface area contributed by atoms with Crippen LogP contribution in [0.15, 0.2) is 0 Å². The first-order chi connectivity index (χ1) is 9.84. The van der Waals surface area contributed by atoms with Gasteiger partial charge in [-0.05, 0) is 20.3 Å². The molecular weight excluding hydrogens is 303 g/mol. The number of hydroxylamine groups is 1. The maximum atomic E-state index is 12.2. The van der Waals surface area contributed by atoms with E-state index in [0.29, 0.717) is 0 Å². The maximum absolute atomic E-state index is 12.2. The minimum absolute atomic E-state index is 0.00286. The molecule has 0 radical (unpaired) electrons. The number of hydrogen-bond acceptors (Lipinski definition) is 7. The van der Waals surface area contributed by atoms with Gasteiger partial charge < -0.3 is 19.9 Å². The molecule has 0 rings (SSSR count). The Morgan fingerprint density at radius 1 is 1.38 bits per heavy atom. The molecule has 6 N–H and O–H groups in total. The van der Waals surface area contributed by atoms with Crippen LogP contribution in [0.2, 0.25) is 0 Å². The number of nitrogens with one attached hydrogen (secondary N) is 3. The SMILES string of the molecule is CCOP(=O)(CN[C@@H](CCONC(=N)N)C(=O)O)OCC. The third-order valence-corrected chi connectivity index (χ3v) is 4.04. The number of carboxylic acid groups (broad SMARTS) is 1. The highest BCUT2D eigenvalue weighted by Crippen LogP contribution is 2.46. The predicted molar refractivity (Wildman–Crippen MR) is 75.9 cm³/mol. The quantitative estimate of drug-likeness (QED) is 0.110. The summed E-state index contributed by atoms with van der Waals surface area (Å²) in [6.45, 7) is 3.73. The first-order valence-corrected chi connectivity index (χ1v) is 8.13. The Morgan fingerprint density at radius 2 is 1.95 bits per heavy atom. The van der Waals surface area contributed by atoms with Gasteiger partial charge in [-0.1, -0.05) is 0 Å². The molecule has 0 saturated heterocycles. The molecule has 0 aromatic carbocycles. The molecule has 0 aliphatic carbocycles. The third kappa shape index (κ3) is 9.38. The lowest BCUT2D eigenvalue weighted by Gasteiger charge is -2.20. The molecule has 0 bridgehead atoms. The Kier molecular flexibility index (Phi) is 9.93. The van der Waals surface area contributed by atoms with Gasteiger partial charge in [0.1, 0.15) is 6.04 Å². The van der Waals surface area contributed by atoms with Gasteiger partial charge in [0.05, 0.1) is 26.1 Å². The topological polar surface area (TPSA) is 156 Å². The van der Waals surface area contributed by atoms with Gasteiger partial charge in [-0.2, -0.15) is 0 Å². The predicted octanol–water partition coefficient (Wildman–Crippen LogP) is 0.0576. The zero-order valence-corrected chi connectivity index (χ0v) is 13.0. The number of aliphatic carboxylic acids is 1. The number of carbonyl (C=O) groups is 1. The van der Waals surface area contributed by atoms with Gasteiger partial charge in [0.15, 0.2) is 0 Å². The summed E-state index contributed by atoms with van der Waals surface area (Å²) in [4.78, 5) is 15.9. The Hall–Kier alpha value is -1.19. The van der Waals surface area contributed by atoms with E-state index in [0.717, 1.165) is 0 Å². The Morgan fingerprint density at radius 3 is 2.38 bits per heavy atom. The maximum Gasteiger partial charge on any atom is 0.344 e. The molecule has 0 heterocycles. The van der Waals surface area contributed by atoms with Crippen molar-refractivity contribution < 1.29 is 28.4 Å². The molecule has 0 unspecified atom stereocenters. The van der Waals surface area contributed by atoms with E-state index in [1.54, 1.807) is 13.8 Å². The van der Waals surface area contributed by atoms with E-state index >= 15 is 0 Å². The van der Waals surface area contributed by atoms with Gasteiger partial charge in [0, 0.05) is 0 Å². The van der Waals surface area contributed by atoms with Crippen molar-refractivity contribution in [2.75, 3.05) is 26.1 Å². The molecule has 10 nitrogen and oxygen atoms in total. The second-order valence-corrected chi connectivity index (χ2v) is 5.91. The lowest BCUT2D eigenvalue weighted by molar-refractivity contribution is -0.140. The molecule has 21 heavy (non-hydrogen) atoms. The smallest absolute Gasteiger partial charge is 0.344 e. The zero-order chi connectivity index (χ0) is 16.3. The van der Waals surface area contributed by atoms with Crippen LogP contribution < -0.4 is 16.5 Å². The lowest BCUT2D eigenvalue weighted by Crippen LogP contribution is -2.39. The van der Waals surface area contributed by atoms with Crippen LogP contribution in [0.5, 0.6) is 0 Å². The molecular formula is C10H23N4O6P. The Bertz CT molecular complexity index is 371. The van der Waals surface area contributed by atoms with E-state index in [-0.39, 0.29) is 38.5 Å². The van der Waals surface area contributed by atoms with Crippen molar-refractivity contribution >= 4 is 19.5 Å². The fourth-order valence-electron chi connectivity index (χ4n) is 1.36. The first kappa shape index (κ1) is 19.8. The van der Waals surface area contributed by atoms with Crippen LogP contribution in [-0.2, 0) is 23.2 Å². The summed E-state index contributed by atoms with van der Waals surface area (Å²) in [6, 6.07) is -0.993. The lowest BCUT2D eigenvalue weighted by atomic mass is 10.2. The molecule has 0 aromatic rings. The summed E-state index contributed by atoms with van der Waals surface area (Å²) in [6.07, 6.45) is -0.139. The highest BCUT2D eigenvalue weighted by atomic mass is 31.2. The molecule has 0 fully saturated rings. The van der Waals surface area contributed by atoms with Crippen LogP contribution in [0.1, 0.15) is 20.3 Å². The fourth-order valence-corrected chi connectivity index (χ4v) is 2.85. The summed E-state index contributed by atoms with van der Waals surface area (Å²) >= 11 is 0. The van der Waals surface area contributed by atoms with Gasteiger partial charge in [-0.15, -0.1) is 0 Å². The molecule has 0 spiro atoms. The number of carboxylic acids is 1. The average Bonchev–Trinajstić information content (AvgIpc) is 2.37. The van der Waals surface area contributed by atoms with Crippen LogP contribution in [0, 0.1) is 5.41 Å². The van der Waals surface area contributed by atoms with Gasteiger partial charge in [0.25, 0.3) is 0 Å². The summed E-state index contributed by atoms with van der Waals surface area (Å²) in [7, 11) is -3.35. The van der Waals surface area contributed by atoms with Crippen LogP contribution in [0.25, 0.3) is 0 Å². The van der Waals surface area contributed by atoms with E-state index in [1.165, 1.54) is 0 Å². The van der Waals surface area contributed by atoms with Crippen molar-refractivity contribution in [3.8, 4) is 0 Å². The van der Waals surface area contributed by atoms with Crippen LogP contribution in [-0.4, -0.2) is 49.2 Å². The van der Waals surface area contributed by atoms with Crippen molar-refractivity contribution in [2.24, 2.45) is 5.73 Å². The van der Waals surface area contributed by atoms with Crippen molar-refractivity contribution in [1.82, 2.24) is 10.8 Å². The molecule has 0 aliphatic heterocycles. The summed E-state index contributed by atoms with van der Waals surface area (Å²) in [5.74, 6) is -1.51. The van der Waals surface area contributed by atoms with Crippen molar-refractivity contribution in [3.63, 3.8) is 0 Å². The van der Waals surface area contributed by atoms with Crippen molar-refractivity contribution in [1.29, 1.82) is 5.41 Å². The summed E-state index contributed by atoms with van der Waals surface area (Å²) in [5.41, 5.74) is 7.09. The van der Waals surface area contributed by atoms with Gasteiger partial charge in [0.2, 0.25) is 5.96 Å². The van der Waals surface area contributed by atoms with E-state index in [4.69, 9.17) is 30.1 Å². The van der Waals surface area contributed by atoms with Gasteiger partial charge >= 0.3 is 13.6 Å². The molecule has 11 heteroatoms. The highest BCUT2D eigenvalue weighted by molar-refractivity contribution is 7.53. The van der Waals surface area contributed by atoms with E-state index in [9.17, 15) is 9.36 Å². The molecule has 0 saturated carbocycles. The van der Waals surface area contributed by atoms with Gasteiger partial charge in [-0.25, -0.2) is 5.48 Å². The second kappa shape index (κ2) is 10.5. The van der Waals surface area contributed by atoms with Gasteiger partial charge in [-0.3, -0.25) is 24.9 Å². The van der Waals surface area contributed by atoms with E-state index in [1.807, 2.05) is 0 Å². The minimum atomic E-state index is -3.35. The summed E-state index contributed by atoms with van der Waals surface area (Å²) < 4.78 is 22.3. The fraction of sp³-hybridized carbons (Fsp3) is 0.800. The first-order valence-electron chi connectivity index (χ1n) is 6.40. The number of hydrogen-bond donors (Lipinski definition) is 5. The molecule has 0 aliphatic rings. The van der Waals surface area contributed by atoms with E-state index < -0.39 is 19.6 Å². The highest BCUT2D eigenvalue weighted by Gasteiger charge is 2.27. The normalized spacial score (nSPS) is 12.9. The Labute approximate surface area is 123 Å². The van der Waals surface area contributed by atoms with Crippen LogP contribution in [0.4, 0.5) is 0 Å². The third-order valence-electron chi connectivity index (χ3n) is 2.17. The largest absolute Gasteiger partial charge is 0.480 e. The van der Waals surface area contributed by atoms with E-state index in [2.05, 4.69) is 10.8 Å². The second-order valence-electron chi connectivity index (χ2n) is 3.85. The summed E-state index contributed by atoms with van der Waals surface area (Å²) in [5, 5.41) is 18.5. The van der Waals surface area contributed by atoms with Crippen molar-refractivity contribution in [3.05, 3.63) is 0 Å². The monoisotopic (exact) mass is 326 g/mol. The van der Waals surface area contributed by atoms with Crippen LogP contribution >= 0.6 is 7.60 Å². The standard InChI is InChI=1S/C10H23N4O6P/c1-3-19-21(17,20-4-2)7-13-8(9(15)16)5-6-18-14-10(11)12/h8,13H,3-7H2,1-2H3,(H,15,16)(H4,11,12,14)/t8-/m0/s1. The average molecular weight is 326 g/mol. The number of nitrogens with two attached hydrogens (primary N) is 1. The molecule has 0 aromatic heterocycles. The minimum Gasteiger partial charge on any atom is -0.480 e. The number of rotatable bonds is 12. The molecule has 1 atom stereocenters. The molecule has 0 amide bonds. The number of guanidine groups is 1.